The number of fused-ring (bicyclic) bond motifs is 5. The Morgan fingerprint density at radius 2 is 1.21 bits per heavy atom. The lowest BCUT2D eigenvalue weighted by molar-refractivity contribution is -0.411. The van der Waals surface area contributed by atoms with Crippen LogP contribution in [-0.2, 0) is 42.7 Å². The van der Waals surface area contributed by atoms with Crippen molar-refractivity contribution >= 4 is 5.97 Å². The van der Waals surface area contributed by atoms with Gasteiger partial charge in [0.1, 0.15) is 97.7 Å². The van der Waals surface area contributed by atoms with Crippen molar-refractivity contribution in [2.24, 2.45) is 33.5 Å². The monoisotopic (exact) mass is 964 g/mol. The highest BCUT2D eigenvalue weighted by Crippen LogP contribution is 2.76. The average molecular weight is 965 g/mol. The molecule has 0 aromatic heterocycles. The maximum atomic E-state index is 14.5. The van der Waals surface area contributed by atoms with Gasteiger partial charge in [0.05, 0.1) is 37.4 Å². The van der Waals surface area contributed by atoms with Crippen LogP contribution in [0.15, 0.2) is 12.2 Å². The topological polar surface area (TPSA) is 374 Å². The van der Waals surface area contributed by atoms with E-state index in [0.717, 1.165) is 0 Å². The molecule has 14 N–H and O–H groups in total. The maximum Gasteiger partial charge on any atom is 0.314 e. The summed E-state index contributed by atoms with van der Waals surface area (Å²) in [6.45, 7) is 6.04. The van der Waals surface area contributed by atoms with Crippen molar-refractivity contribution in [2.45, 2.75) is 200 Å². The van der Waals surface area contributed by atoms with Crippen LogP contribution in [0.3, 0.4) is 0 Å². The highest BCUT2D eigenvalue weighted by atomic mass is 16.8. The summed E-state index contributed by atoms with van der Waals surface area (Å²) in [4.78, 5) is 14.5. The first kappa shape index (κ1) is 50.3. The number of carbonyl (C=O) groups excluding carboxylic acids is 1. The van der Waals surface area contributed by atoms with Gasteiger partial charge in [0.25, 0.3) is 0 Å². The van der Waals surface area contributed by atoms with Gasteiger partial charge in [0.2, 0.25) is 6.29 Å². The first-order chi connectivity index (χ1) is 31.6. The molecule has 382 valence electrons. The van der Waals surface area contributed by atoms with Crippen molar-refractivity contribution in [1.82, 2.24) is 0 Å². The van der Waals surface area contributed by atoms with Gasteiger partial charge in [-0.15, -0.1) is 0 Å². The number of esters is 1. The quantitative estimate of drug-likeness (QED) is 0.0643. The van der Waals surface area contributed by atoms with Crippen molar-refractivity contribution in [1.29, 1.82) is 0 Å². The zero-order valence-electron chi connectivity index (χ0n) is 37.3. The molecule has 4 saturated carbocycles. The van der Waals surface area contributed by atoms with Crippen LogP contribution in [0, 0.1) is 33.5 Å². The molecule has 28 atom stereocenters. The molecule has 4 aliphatic carbocycles. The lowest BCUT2D eigenvalue weighted by atomic mass is 9.40. The predicted octanol–water partition coefficient (Wildman–Crippen LogP) is -5.51. The summed E-state index contributed by atoms with van der Waals surface area (Å²) in [5.41, 5.74) is -3.32. The Kier molecular flexibility index (Phi) is 13.6. The molecule has 0 amide bonds. The molecular weight excluding hydrogens is 896 g/mol. The van der Waals surface area contributed by atoms with E-state index in [1.807, 2.05) is 0 Å². The van der Waals surface area contributed by atoms with Crippen molar-refractivity contribution < 1.29 is 114 Å². The van der Waals surface area contributed by atoms with E-state index in [0.29, 0.717) is 44.1 Å². The Hall–Kier alpha value is -1.63. The van der Waals surface area contributed by atoms with Crippen LogP contribution >= 0.6 is 0 Å². The lowest BCUT2D eigenvalue weighted by Gasteiger charge is -2.66. The second kappa shape index (κ2) is 18.1. The van der Waals surface area contributed by atoms with Gasteiger partial charge < -0.3 is 109 Å². The Morgan fingerprint density at radius 3 is 1.85 bits per heavy atom. The van der Waals surface area contributed by atoms with Gasteiger partial charge in [0.15, 0.2) is 18.9 Å². The molecule has 0 aromatic carbocycles. The standard InChI is InChI=1S/C44H68O23/c1-15-10-43-8-5-19-41(2,6-4-7-42(19,3)40(59)67-37-30(56)26(52)23(49)17(12-46)61-37)20(43)9-21-44(15,14-43)35(58)33-28(54)27(53)31(57)38(65-33)66-34-32(24(50)18(13-47)62-39(34)63-21)64-36-29(55)25(51)22(48)16(11-45)60-36/h16-39,45-58H,1,4-14H2,2-3H3/t16-,17-,18-,19+,20?,21?,22-,23-,24-,25+,26+,27+,28+,29-,30-,31-,32?,33+,34-,35?,36+,37?,38+,39+,41-,42-,43?,44?/m1/s1. The number of carbonyl (C=O) groups is 1. The lowest BCUT2D eigenvalue weighted by Crippen LogP contribution is -2.71. The van der Waals surface area contributed by atoms with Crippen LogP contribution in [0.5, 0.6) is 0 Å². The Balaban J connectivity index is 1.08. The molecule has 2 spiro atoms. The Labute approximate surface area is 385 Å². The van der Waals surface area contributed by atoms with Crippen molar-refractivity contribution in [3.8, 4) is 0 Å². The van der Waals surface area contributed by atoms with Gasteiger partial charge in [-0.3, -0.25) is 4.79 Å². The maximum absolute atomic E-state index is 14.5. The minimum Gasteiger partial charge on any atom is -0.432 e. The molecule has 5 heterocycles. The number of rotatable bonds is 7. The highest BCUT2D eigenvalue weighted by molar-refractivity contribution is 5.77. The summed E-state index contributed by atoms with van der Waals surface area (Å²) < 4.78 is 48.8. The molecule has 23 heteroatoms. The summed E-state index contributed by atoms with van der Waals surface area (Å²) in [5, 5.41) is 152. The molecule has 7 unspecified atom stereocenters. The summed E-state index contributed by atoms with van der Waals surface area (Å²) in [6, 6.07) is 0. The van der Waals surface area contributed by atoms with Crippen LogP contribution in [-0.4, -0.2) is 232 Å². The van der Waals surface area contributed by atoms with E-state index in [1.165, 1.54) is 0 Å². The van der Waals surface area contributed by atoms with Gasteiger partial charge in [-0.2, -0.15) is 0 Å². The first-order valence-corrected chi connectivity index (χ1v) is 23.4. The smallest absolute Gasteiger partial charge is 0.314 e. The number of aliphatic hydroxyl groups is 14. The van der Waals surface area contributed by atoms with E-state index in [2.05, 4.69) is 13.5 Å². The Morgan fingerprint density at radius 1 is 0.627 bits per heavy atom. The summed E-state index contributed by atoms with van der Waals surface area (Å²) in [6.07, 6.45) is -34.2. The highest BCUT2D eigenvalue weighted by Gasteiger charge is 2.74. The fourth-order valence-electron chi connectivity index (χ4n) is 14.3. The second-order valence-corrected chi connectivity index (χ2v) is 21.2. The second-order valence-electron chi connectivity index (χ2n) is 21.2. The van der Waals surface area contributed by atoms with Gasteiger partial charge in [0, 0.05) is 5.41 Å². The molecule has 4 bridgehead atoms. The number of aliphatic hydroxyl groups excluding tert-OH is 14. The zero-order valence-corrected chi connectivity index (χ0v) is 37.3. The molecule has 0 aromatic rings. The van der Waals surface area contributed by atoms with Crippen LogP contribution in [0.25, 0.3) is 0 Å². The summed E-state index contributed by atoms with van der Waals surface area (Å²) in [7, 11) is 0. The predicted molar refractivity (Wildman–Crippen MR) is 217 cm³/mol. The van der Waals surface area contributed by atoms with E-state index in [4.69, 9.17) is 37.9 Å². The molecule has 9 aliphatic rings. The van der Waals surface area contributed by atoms with E-state index in [-0.39, 0.29) is 24.7 Å². The molecule has 5 saturated heterocycles. The SMILES string of the molecule is C=C1CC23CC[C@@H]4[C@](C)(C(=O)OC5O[C@H](CO)[C@@H](O)[C@H](O)[C@H]5O)CCC[C@@]4(C)C2CC2O[C@@H]4O[C@H](CO)[C@@H](O)C(O[C@@H]5O[C@H](CO)[C@@H](O)[C@H](O)[C@H]5O)[C@H]4O[C@@H]4O[C@H](C(O)C12C3)[C@@H](O)[C@H](O)[C@H]4O. The third-order valence-corrected chi connectivity index (χ3v) is 17.8. The molecule has 9 fully saturated rings. The van der Waals surface area contributed by atoms with Crippen molar-refractivity contribution in [2.75, 3.05) is 19.8 Å². The fourth-order valence-corrected chi connectivity index (χ4v) is 14.3. The van der Waals surface area contributed by atoms with E-state index >= 15 is 0 Å². The fraction of sp³-hybridized carbons (Fsp3) is 0.932. The molecule has 0 radical (unpaired) electrons. The number of hydrogen-bond donors (Lipinski definition) is 14. The average Bonchev–Trinajstić information content (AvgIpc) is 3.55. The molecular formula is C44H68O23. The van der Waals surface area contributed by atoms with Gasteiger partial charge >= 0.3 is 5.97 Å². The summed E-state index contributed by atoms with van der Waals surface area (Å²) >= 11 is 0. The van der Waals surface area contributed by atoms with E-state index in [9.17, 15) is 76.3 Å². The number of ether oxygens (including phenoxy) is 8. The van der Waals surface area contributed by atoms with Crippen molar-refractivity contribution in [3.05, 3.63) is 12.2 Å². The molecule has 9 rings (SSSR count). The third-order valence-electron chi connectivity index (χ3n) is 17.8. The van der Waals surface area contributed by atoms with Gasteiger partial charge in [-0.05, 0) is 74.5 Å². The van der Waals surface area contributed by atoms with E-state index in [1.54, 1.807) is 6.92 Å². The van der Waals surface area contributed by atoms with E-state index < -0.39 is 182 Å². The van der Waals surface area contributed by atoms with Crippen LogP contribution in [0.1, 0.15) is 65.2 Å². The van der Waals surface area contributed by atoms with Crippen LogP contribution < -0.4 is 0 Å². The molecule has 67 heavy (non-hydrogen) atoms. The molecule has 23 nitrogen and oxygen atoms in total. The largest absolute Gasteiger partial charge is 0.432 e. The van der Waals surface area contributed by atoms with Gasteiger partial charge in [-0.1, -0.05) is 25.5 Å². The van der Waals surface area contributed by atoms with Crippen molar-refractivity contribution in [3.63, 3.8) is 0 Å². The van der Waals surface area contributed by atoms with Gasteiger partial charge in [-0.25, -0.2) is 0 Å². The minimum atomic E-state index is -1.97. The number of hydrogen-bond acceptors (Lipinski definition) is 23. The minimum absolute atomic E-state index is 0.162. The third kappa shape index (κ3) is 7.61. The molecule has 5 aliphatic heterocycles. The zero-order chi connectivity index (χ0) is 48.4. The first-order valence-electron chi connectivity index (χ1n) is 23.4. The Bertz CT molecular complexity index is 1830. The van der Waals surface area contributed by atoms with Crippen LogP contribution in [0.4, 0.5) is 0 Å². The van der Waals surface area contributed by atoms with Crippen LogP contribution in [0.2, 0.25) is 0 Å². The summed E-state index contributed by atoms with van der Waals surface area (Å²) in [5.74, 6) is -1.35. The normalized spacial score (nSPS) is 57.6.